The average molecular weight is 231 g/mol. The predicted molar refractivity (Wildman–Crippen MR) is 54.7 cm³/mol. The third-order valence-electron chi connectivity index (χ3n) is 2.24. The molecule has 0 aromatic heterocycles. The highest BCUT2D eigenvalue weighted by atomic mass is 17.1. The molecule has 16 heavy (non-hydrogen) atoms. The lowest BCUT2D eigenvalue weighted by Crippen LogP contribution is -2.43. The Hall–Kier alpha value is -1.30. The minimum Gasteiger partial charge on any atom is -0.444 e. The van der Waals surface area contributed by atoms with Crippen LogP contribution in [0.1, 0.15) is 33.6 Å². The molecule has 1 N–H and O–H groups in total. The molecular weight excluding hydrogens is 214 g/mol. The number of rotatable bonds is 1. The van der Waals surface area contributed by atoms with E-state index in [0.29, 0.717) is 19.4 Å². The third-order valence-corrected chi connectivity index (χ3v) is 2.24. The van der Waals surface area contributed by atoms with E-state index in [2.05, 4.69) is 4.89 Å². The van der Waals surface area contributed by atoms with Crippen molar-refractivity contribution in [3.8, 4) is 0 Å². The van der Waals surface area contributed by atoms with Crippen LogP contribution in [-0.2, 0) is 14.4 Å². The van der Waals surface area contributed by atoms with Gasteiger partial charge in [0.15, 0.2) is 0 Å². The molecule has 0 bridgehead atoms. The quantitative estimate of drug-likeness (QED) is 0.545. The van der Waals surface area contributed by atoms with Crippen molar-refractivity contribution < 1.29 is 24.5 Å². The van der Waals surface area contributed by atoms with Crippen LogP contribution < -0.4 is 0 Å². The molecule has 6 heteroatoms. The van der Waals surface area contributed by atoms with Crippen molar-refractivity contribution in [1.82, 2.24) is 4.90 Å². The monoisotopic (exact) mass is 231 g/mol. The summed E-state index contributed by atoms with van der Waals surface area (Å²) in [5, 5.41) is 8.30. The molecule has 1 rings (SSSR count). The van der Waals surface area contributed by atoms with Crippen molar-refractivity contribution in [2.75, 3.05) is 6.54 Å². The summed E-state index contributed by atoms with van der Waals surface area (Å²) in [5.41, 5.74) is -0.604. The van der Waals surface area contributed by atoms with Crippen LogP contribution in [0.4, 0.5) is 4.79 Å². The Balaban J connectivity index is 2.65. The second-order valence-electron chi connectivity index (χ2n) is 4.74. The van der Waals surface area contributed by atoms with E-state index in [4.69, 9.17) is 9.99 Å². The zero-order valence-electron chi connectivity index (χ0n) is 9.73. The Morgan fingerprint density at radius 1 is 1.38 bits per heavy atom. The van der Waals surface area contributed by atoms with Crippen LogP contribution in [0.15, 0.2) is 0 Å². The fourth-order valence-electron chi connectivity index (χ4n) is 1.61. The molecule has 92 valence electrons. The van der Waals surface area contributed by atoms with Gasteiger partial charge in [0, 0.05) is 6.54 Å². The molecule has 0 aliphatic carbocycles. The van der Waals surface area contributed by atoms with E-state index in [9.17, 15) is 9.59 Å². The van der Waals surface area contributed by atoms with E-state index in [-0.39, 0.29) is 0 Å². The Kier molecular flexibility index (Phi) is 3.74. The highest BCUT2D eigenvalue weighted by molar-refractivity contribution is 5.81. The van der Waals surface area contributed by atoms with Gasteiger partial charge in [0.1, 0.15) is 11.6 Å². The van der Waals surface area contributed by atoms with Gasteiger partial charge in [0.05, 0.1) is 0 Å². The zero-order valence-corrected chi connectivity index (χ0v) is 9.73. The van der Waals surface area contributed by atoms with Gasteiger partial charge in [-0.2, -0.15) is 5.26 Å². The van der Waals surface area contributed by atoms with E-state index < -0.39 is 23.7 Å². The first-order chi connectivity index (χ1) is 7.35. The summed E-state index contributed by atoms with van der Waals surface area (Å²) in [6, 6.07) is -0.736. The number of hydrogen-bond acceptors (Lipinski definition) is 5. The van der Waals surface area contributed by atoms with Crippen LogP contribution in [-0.4, -0.2) is 40.4 Å². The number of hydrogen-bond donors (Lipinski definition) is 1. The first-order valence-electron chi connectivity index (χ1n) is 5.20. The van der Waals surface area contributed by atoms with Crippen molar-refractivity contribution in [3.05, 3.63) is 0 Å². The van der Waals surface area contributed by atoms with E-state index >= 15 is 0 Å². The number of carbonyl (C=O) groups is 2. The van der Waals surface area contributed by atoms with Crippen LogP contribution >= 0.6 is 0 Å². The van der Waals surface area contributed by atoms with Crippen molar-refractivity contribution >= 4 is 12.1 Å². The number of nitrogens with zero attached hydrogens (tertiary/aromatic N) is 1. The molecule has 0 unspecified atom stereocenters. The maximum atomic E-state index is 11.7. The molecule has 0 spiro atoms. The Morgan fingerprint density at radius 2 is 2.00 bits per heavy atom. The molecule has 0 saturated carbocycles. The molecule has 1 heterocycles. The number of carbonyl (C=O) groups excluding carboxylic acids is 2. The molecule has 1 atom stereocenters. The summed E-state index contributed by atoms with van der Waals surface area (Å²) in [6.45, 7) is 5.69. The van der Waals surface area contributed by atoms with Crippen LogP contribution in [0.5, 0.6) is 0 Å². The van der Waals surface area contributed by atoms with Gasteiger partial charge < -0.3 is 4.74 Å². The number of ether oxygens (including phenoxy) is 1. The number of amides is 1. The second-order valence-corrected chi connectivity index (χ2v) is 4.74. The lowest BCUT2D eigenvalue weighted by Gasteiger charge is -2.26. The van der Waals surface area contributed by atoms with Gasteiger partial charge in [0.25, 0.3) is 0 Å². The molecular formula is C10H17NO5. The Labute approximate surface area is 94.1 Å². The predicted octanol–water partition coefficient (Wildman–Crippen LogP) is 1.40. The normalized spacial score (nSPS) is 20.8. The first-order valence-corrected chi connectivity index (χ1v) is 5.20. The highest BCUT2D eigenvalue weighted by Crippen LogP contribution is 2.21. The fraction of sp³-hybridized carbons (Fsp3) is 0.800. The van der Waals surface area contributed by atoms with Gasteiger partial charge >= 0.3 is 12.1 Å². The summed E-state index contributed by atoms with van der Waals surface area (Å²) >= 11 is 0. The fourth-order valence-corrected chi connectivity index (χ4v) is 1.61. The van der Waals surface area contributed by atoms with Crippen molar-refractivity contribution in [3.63, 3.8) is 0 Å². The molecule has 6 nitrogen and oxygen atoms in total. The minimum atomic E-state index is -0.816. The maximum Gasteiger partial charge on any atom is 0.411 e. The maximum absolute atomic E-state index is 11.7. The Bertz CT molecular complexity index is 283. The van der Waals surface area contributed by atoms with Gasteiger partial charge in [0.2, 0.25) is 0 Å². The summed E-state index contributed by atoms with van der Waals surface area (Å²) in [5.74, 6) is -0.816. The zero-order chi connectivity index (χ0) is 12.3. The molecule has 0 aromatic rings. The lowest BCUT2D eigenvalue weighted by molar-refractivity contribution is -0.238. The molecule has 1 saturated heterocycles. The molecule has 0 radical (unpaired) electrons. The summed E-state index contributed by atoms with van der Waals surface area (Å²) in [4.78, 5) is 27.8. The van der Waals surface area contributed by atoms with Gasteiger partial charge in [-0.3, -0.25) is 9.79 Å². The SMILES string of the molecule is CC(C)(C)OC(=O)N1CCC[C@H]1C(=O)OO. The van der Waals surface area contributed by atoms with Crippen LogP contribution in [0.3, 0.4) is 0 Å². The van der Waals surface area contributed by atoms with Crippen molar-refractivity contribution in [1.29, 1.82) is 0 Å². The van der Waals surface area contributed by atoms with Crippen LogP contribution in [0.2, 0.25) is 0 Å². The van der Waals surface area contributed by atoms with E-state index in [1.807, 2.05) is 0 Å². The van der Waals surface area contributed by atoms with E-state index in [1.54, 1.807) is 20.8 Å². The van der Waals surface area contributed by atoms with E-state index in [1.165, 1.54) is 4.90 Å². The standard InChI is InChI=1S/C10H17NO5/c1-10(2,3)15-9(13)11-6-4-5-7(11)8(12)16-14/h7,14H,4-6H2,1-3H3/t7-/m0/s1. The summed E-state index contributed by atoms with van der Waals surface area (Å²) < 4.78 is 5.14. The first kappa shape index (κ1) is 12.8. The smallest absolute Gasteiger partial charge is 0.411 e. The minimum absolute atomic E-state index is 0.439. The topological polar surface area (TPSA) is 76.1 Å². The van der Waals surface area contributed by atoms with Gasteiger partial charge in [-0.05, 0) is 33.6 Å². The van der Waals surface area contributed by atoms with Crippen LogP contribution in [0.25, 0.3) is 0 Å². The molecule has 1 fully saturated rings. The number of likely N-dealkylation sites (tertiary alicyclic amines) is 1. The van der Waals surface area contributed by atoms with Crippen molar-refractivity contribution in [2.24, 2.45) is 0 Å². The third kappa shape index (κ3) is 3.10. The largest absolute Gasteiger partial charge is 0.444 e. The van der Waals surface area contributed by atoms with Crippen LogP contribution in [0, 0.1) is 0 Å². The van der Waals surface area contributed by atoms with Crippen molar-refractivity contribution in [2.45, 2.75) is 45.3 Å². The highest BCUT2D eigenvalue weighted by Gasteiger charge is 2.37. The lowest BCUT2D eigenvalue weighted by atomic mass is 10.2. The molecule has 1 aliphatic heterocycles. The van der Waals surface area contributed by atoms with Gasteiger partial charge in [-0.15, -0.1) is 0 Å². The average Bonchev–Trinajstić information content (AvgIpc) is 2.62. The molecule has 1 aliphatic rings. The molecule has 1 amide bonds. The molecule has 0 aromatic carbocycles. The van der Waals surface area contributed by atoms with Gasteiger partial charge in [-0.1, -0.05) is 0 Å². The van der Waals surface area contributed by atoms with E-state index in [0.717, 1.165) is 0 Å². The van der Waals surface area contributed by atoms with Gasteiger partial charge in [-0.25, -0.2) is 9.59 Å². The second kappa shape index (κ2) is 4.69. The summed E-state index contributed by atoms with van der Waals surface area (Å²) in [6.07, 6.45) is 0.623. The Morgan fingerprint density at radius 3 is 2.50 bits per heavy atom. The summed E-state index contributed by atoms with van der Waals surface area (Å²) in [7, 11) is 0.